The number of carbonyl (C=O) groups is 2. The second-order valence-corrected chi connectivity index (χ2v) is 6.30. The van der Waals surface area contributed by atoms with Crippen LogP contribution in [0.25, 0.3) is 0 Å². The third-order valence-corrected chi connectivity index (χ3v) is 4.40. The Morgan fingerprint density at radius 3 is 2.39 bits per heavy atom. The van der Waals surface area contributed by atoms with Gasteiger partial charge >= 0.3 is 6.03 Å². The van der Waals surface area contributed by atoms with Crippen LogP contribution in [0.3, 0.4) is 0 Å². The zero-order valence-corrected chi connectivity index (χ0v) is 15.1. The monoisotopic (exact) mass is 319 g/mol. The number of likely N-dealkylation sites (N-methyl/N-ethyl adjacent to an activating group) is 1. The van der Waals surface area contributed by atoms with Crippen LogP contribution in [-0.2, 0) is 4.79 Å². The molecule has 0 heterocycles. The van der Waals surface area contributed by atoms with Crippen LogP contribution >= 0.6 is 0 Å². The third kappa shape index (κ3) is 5.67. The normalized spacial score (nSPS) is 12.3. The number of hydrogen-bond acceptors (Lipinski definition) is 3. The summed E-state index contributed by atoms with van der Waals surface area (Å²) in [6, 6.07) is 5.48. The summed E-state index contributed by atoms with van der Waals surface area (Å²) in [5, 5.41) is 5.14. The number of aryl methyl sites for hydroxylation is 1. The molecule has 0 aliphatic rings. The fraction of sp³-hybridized carbons (Fsp3) is 0.556. The maximum Gasteiger partial charge on any atom is 0.325 e. The number of imide groups is 1. The first kappa shape index (κ1) is 19.2. The van der Waals surface area contributed by atoms with Crippen LogP contribution in [0.5, 0.6) is 0 Å². The largest absolute Gasteiger partial charge is 0.325 e. The van der Waals surface area contributed by atoms with Crippen LogP contribution in [-0.4, -0.2) is 36.0 Å². The molecule has 1 unspecified atom stereocenters. The molecule has 0 spiro atoms. The summed E-state index contributed by atoms with van der Waals surface area (Å²) in [5.74, 6) is 0.161. The van der Waals surface area contributed by atoms with Crippen LogP contribution in [0.4, 0.5) is 10.5 Å². The molecule has 5 nitrogen and oxygen atoms in total. The zero-order chi connectivity index (χ0) is 17.6. The minimum absolute atomic E-state index is 0.218. The van der Waals surface area contributed by atoms with Crippen molar-refractivity contribution in [1.82, 2.24) is 10.2 Å². The Morgan fingerprint density at radius 2 is 1.83 bits per heavy atom. The number of rotatable bonds is 6. The number of nitrogens with one attached hydrogen (secondary N) is 2. The second-order valence-electron chi connectivity index (χ2n) is 6.30. The highest BCUT2D eigenvalue weighted by Crippen LogP contribution is 2.17. The Labute approximate surface area is 139 Å². The lowest BCUT2D eigenvalue weighted by Gasteiger charge is -2.29. The van der Waals surface area contributed by atoms with Gasteiger partial charge in [0.05, 0.1) is 6.54 Å². The van der Waals surface area contributed by atoms with Crippen LogP contribution in [0.2, 0.25) is 0 Å². The molecule has 1 rings (SSSR count). The molecule has 3 amide bonds. The summed E-state index contributed by atoms with van der Waals surface area (Å²) in [5.41, 5.74) is 2.81. The number of amides is 3. The first-order valence-electron chi connectivity index (χ1n) is 8.17. The third-order valence-electron chi connectivity index (χ3n) is 4.40. The Hall–Kier alpha value is -1.88. The van der Waals surface area contributed by atoms with Crippen LogP contribution < -0.4 is 10.6 Å². The summed E-state index contributed by atoms with van der Waals surface area (Å²) >= 11 is 0. The van der Waals surface area contributed by atoms with E-state index in [4.69, 9.17) is 0 Å². The topological polar surface area (TPSA) is 61.4 Å². The van der Waals surface area contributed by atoms with Crippen molar-refractivity contribution >= 4 is 17.6 Å². The zero-order valence-electron chi connectivity index (χ0n) is 15.1. The standard InChI is InChI=1S/C18H29N3O2/c1-7-21(15(6)12(2)3)11-17(22)20-18(23)19-16-10-8-9-13(4)14(16)5/h8-10,12,15H,7,11H2,1-6H3,(H2,19,20,22,23). The van der Waals surface area contributed by atoms with Gasteiger partial charge in [-0.15, -0.1) is 0 Å². The molecule has 128 valence electrons. The van der Waals surface area contributed by atoms with Gasteiger partial charge in [-0.1, -0.05) is 32.9 Å². The van der Waals surface area contributed by atoms with E-state index in [0.717, 1.165) is 23.4 Å². The molecule has 23 heavy (non-hydrogen) atoms. The van der Waals surface area contributed by atoms with Crippen molar-refractivity contribution in [2.75, 3.05) is 18.4 Å². The minimum Gasteiger partial charge on any atom is -0.307 e. The van der Waals surface area contributed by atoms with Crippen LogP contribution in [0.1, 0.15) is 38.8 Å². The molecule has 0 bridgehead atoms. The molecule has 0 aliphatic heterocycles. The van der Waals surface area contributed by atoms with E-state index < -0.39 is 6.03 Å². The molecule has 5 heteroatoms. The van der Waals surface area contributed by atoms with Crippen molar-refractivity contribution in [3.63, 3.8) is 0 Å². The smallest absolute Gasteiger partial charge is 0.307 e. The number of benzene rings is 1. The van der Waals surface area contributed by atoms with Crippen molar-refractivity contribution in [2.45, 2.75) is 47.6 Å². The summed E-state index contributed by atoms with van der Waals surface area (Å²) in [6.45, 7) is 13.3. The Morgan fingerprint density at radius 1 is 1.17 bits per heavy atom. The highest BCUT2D eigenvalue weighted by molar-refractivity contribution is 6.02. The van der Waals surface area contributed by atoms with Gasteiger partial charge in [-0.05, 0) is 50.4 Å². The van der Waals surface area contributed by atoms with Gasteiger partial charge in [0.2, 0.25) is 5.91 Å². The van der Waals surface area contributed by atoms with E-state index in [2.05, 4.69) is 36.3 Å². The minimum atomic E-state index is -0.489. The molecule has 2 N–H and O–H groups in total. The number of anilines is 1. The lowest BCUT2D eigenvalue weighted by atomic mass is 10.0. The van der Waals surface area contributed by atoms with Gasteiger partial charge in [-0.3, -0.25) is 15.0 Å². The average molecular weight is 319 g/mol. The van der Waals surface area contributed by atoms with E-state index in [1.807, 2.05) is 39.0 Å². The molecule has 0 saturated heterocycles. The molecule has 0 fully saturated rings. The number of carbonyl (C=O) groups excluding carboxylic acids is 2. The number of nitrogens with zero attached hydrogens (tertiary/aromatic N) is 1. The highest BCUT2D eigenvalue weighted by atomic mass is 16.2. The van der Waals surface area contributed by atoms with Crippen molar-refractivity contribution in [2.24, 2.45) is 5.92 Å². The molecule has 1 atom stereocenters. The predicted octanol–water partition coefficient (Wildman–Crippen LogP) is 3.32. The lowest BCUT2D eigenvalue weighted by molar-refractivity contribution is -0.121. The molecular formula is C18H29N3O2. The molecule has 0 saturated carbocycles. The SMILES string of the molecule is CCN(CC(=O)NC(=O)Nc1cccc(C)c1C)C(C)C(C)C. The first-order chi connectivity index (χ1) is 10.8. The summed E-state index contributed by atoms with van der Waals surface area (Å²) in [7, 11) is 0. The Bertz CT molecular complexity index is 555. The van der Waals surface area contributed by atoms with Crippen molar-refractivity contribution in [3.05, 3.63) is 29.3 Å². The Balaban J connectivity index is 2.60. The van der Waals surface area contributed by atoms with Gasteiger partial charge in [-0.25, -0.2) is 4.79 Å². The van der Waals surface area contributed by atoms with Crippen molar-refractivity contribution in [1.29, 1.82) is 0 Å². The molecule has 1 aromatic carbocycles. The van der Waals surface area contributed by atoms with Crippen molar-refractivity contribution in [3.8, 4) is 0 Å². The van der Waals surface area contributed by atoms with Crippen LogP contribution in [0.15, 0.2) is 18.2 Å². The van der Waals surface area contributed by atoms with Gasteiger partial charge in [0.15, 0.2) is 0 Å². The highest BCUT2D eigenvalue weighted by Gasteiger charge is 2.19. The fourth-order valence-corrected chi connectivity index (χ4v) is 2.36. The average Bonchev–Trinajstić information content (AvgIpc) is 2.48. The second kappa shape index (κ2) is 8.67. The fourth-order valence-electron chi connectivity index (χ4n) is 2.36. The maximum absolute atomic E-state index is 12.1. The lowest BCUT2D eigenvalue weighted by Crippen LogP contribution is -2.46. The van der Waals surface area contributed by atoms with Gasteiger partial charge in [0.25, 0.3) is 0 Å². The van der Waals surface area contributed by atoms with Crippen molar-refractivity contribution < 1.29 is 9.59 Å². The Kier molecular flexibility index (Phi) is 7.23. The van der Waals surface area contributed by atoms with E-state index in [-0.39, 0.29) is 18.5 Å². The van der Waals surface area contributed by atoms with Crippen LogP contribution in [0, 0.1) is 19.8 Å². The summed E-state index contributed by atoms with van der Waals surface area (Å²) < 4.78 is 0. The number of hydrogen-bond donors (Lipinski definition) is 2. The first-order valence-corrected chi connectivity index (χ1v) is 8.17. The van der Waals surface area contributed by atoms with Gasteiger partial charge in [0.1, 0.15) is 0 Å². The molecule has 0 aliphatic carbocycles. The quantitative estimate of drug-likeness (QED) is 0.845. The summed E-state index contributed by atoms with van der Waals surface area (Å²) in [4.78, 5) is 26.1. The van der Waals surface area contributed by atoms with Gasteiger partial charge in [-0.2, -0.15) is 0 Å². The number of urea groups is 1. The predicted molar refractivity (Wildman–Crippen MR) is 94.6 cm³/mol. The van der Waals surface area contributed by atoms with Gasteiger partial charge < -0.3 is 5.32 Å². The molecule has 0 radical (unpaired) electrons. The summed E-state index contributed by atoms with van der Waals surface area (Å²) in [6.07, 6.45) is 0. The van der Waals surface area contributed by atoms with E-state index in [0.29, 0.717) is 5.92 Å². The molecule has 1 aromatic rings. The van der Waals surface area contributed by atoms with E-state index in [9.17, 15) is 9.59 Å². The van der Waals surface area contributed by atoms with E-state index in [1.165, 1.54) is 0 Å². The van der Waals surface area contributed by atoms with Gasteiger partial charge in [0, 0.05) is 11.7 Å². The molecular weight excluding hydrogens is 290 g/mol. The van der Waals surface area contributed by atoms with E-state index >= 15 is 0 Å². The molecule has 0 aromatic heterocycles. The maximum atomic E-state index is 12.1. The van der Waals surface area contributed by atoms with E-state index in [1.54, 1.807) is 0 Å².